The normalized spacial score (nSPS) is 34.9. The Hall–Kier alpha value is -0.700. The average molecular weight is 224 g/mol. The van der Waals surface area contributed by atoms with Crippen LogP contribution in [0.25, 0.3) is 0 Å². The van der Waals surface area contributed by atoms with Gasteiger partial charge in [-0.25, -0.2) is 4.79 Å². The van der Waals surface area contributed by atoms with Gasteiger partial charge in [-0.2, -0.15) is 4.58 Å². The van der Waals surface area contributed by atoms with Crippen molar-refractivity contribution < 1.29 is 14.1 Å². The first kappa shape index (κ1) is 11.8. The smallest absolute Gasteiger partial charge is 0.363 e. The van der Waals surface area contributed by atoms with Crippen LogP contribution in [0.4, 0.5) is 0 Å². The average Bonchev–Trinajstić information content (AvgIpc) is 2.81. The van der Waals surface area contributed by atoms with Crippen molar-refractivity contribution in [3.05, 3.63) is 0 Å². The number of rotatable bonds is 2. The quantitative estimate of drug-likeness (QED) is 0.530. The van der Waals surface area contributed by atoms with Crippen LogP contribution in [0.3, 0.4) is 0 Å². The summed E-state index contributed by atoms with van der Waals surface area (Å²) >= 11 is 0. The number of carbonyl (C=O) groups excluding carboxylic acids is 1. The highest BCUT2D eigenvalue weighted by molar-refractivity contribution is 5.74. The van der Waals surface area contributed by atoms with Crippen molar-refractivity contribution >= 4 is 12.6 Å². The number of hydrogen-bond donors (Lipinski definition) is 0. The van der Waals surface area contributed by atoms with E-state index in [1.54, 1.807) is 4.58 Å². The Labute approximate surface area is 97.5 Å². The second-order valence-corrected chi connectivity index (χ2v) is 5.22. The molecule has 1 aliphatic carbocycles. The lowest BCUT2D eigenvalue weighted by Crippen LogP contribution is -2.39. The first-order valence-corrected chi connectivity index (χ1v) is 6.43. The van der Waals surface area contributed by atoms with E-state index in [4.69, 9.17) is 4.74 Å². The second-order valence-electron chi connectivity index (χ2n) is 5.22. The van der Waals surface area contributed by atoms with Crippen LogP contribution < -0.4 is 0 Å². The van der Waals surface area contributed by atoms with Gasteiger partial charge in [-0.05, 0) is 31.6 Å². The molecule has 0 unspecified atom stereocenters. The van der Waals surface area contributed by atoms with Crippen LogP contribution in [0, 0.1) is 5.92 Å². The first-order chi connectivity index (χ1) is 7.68. The standard InChI is InChI=1S/C13H22NO2/c1-10-5-7-11(8-6-10)14(2)13(15)12-4-3-9-16-12/h10-12H,2-9H2,1H3/q+1/t10?,11?,12-/m0/s1. The number of nitrogens with zero attached hydrogens (tertiary/aromatic N) is 1. The molecule has 1 atom stereocenters. The molecule has 1 heterocycles. The summed E-state index contributed by atoms with van der Waals surface area (Å²) < 4.78 is 7.11. The molecule has 0 N–H and O–H groups in total. The van der Waals surface area contributed by atoms with Crippen LogP contribution >= 0.6 is 0 Å². The molecule has 16 heavy (non-hydrogen) atoms. The molecule has 1 saturated carbocycles. The van der Waals surface area contributed by atoms with Crippen molar-refractivity contribution in [2.24, 2.45) is 5.92 Å². The van der Waals surface area contributed by atoms with Crippen molar-refractivity contribution in [3.8, 4) is 0 Å². The maximum atomic E-state index is 12.1. The summed E-state index contributed by atoms with van der Waals surface area (Å²) in [5, 5.41) is 0. The zero-order valence-corrected chi connectivity index (χ0v) is 10.2. The minimum atomic E-state index is -0.211. The molecule has 2 rings (SSSR count). The Morgan fingerprint density at radius 3 is 2.50 bits per heavy atom. The summed E-state index contributed by atoms with van der Waals surface area (Å²) in [4.78, 5) is 12.1. The molecule has 90 valence electrons. The topological polar surface area (TPSA) is 29.3 Å². The lowest BCUT2D eigenvalue weighted by molar-refractivity contribution is -0.490. The van der Waals surface area contributed by atoms with Crippen molar-refractivity contribution in [2.75, 3.05) is 6.61 Å². The molecule has 0 aromatic heterocycles. The molecule has 1 aliphatic heterocycles. The largest absolute Gasteiger partial charge is 0.415 e. The van der Waals surface area contributed by atoms with E-state index in [0.717, 1.165) is 38.2 Å². The summed E-state index contributed by atoms with van der Waals surface area (Å²) in [7, 11) is 0. The molecule has 0 radical (unpaired) electrons. The Bertz CT molecular complexity index is 274. The zero-order chi connectivity index (χ0) is 11.5. The molecule has 3 nitrogen and oxygen atoms in total. The number of hydrogen-bond acceptors (Lipinski definition) is 2. The van der Waals surface area contributed by atoms with Gasteiger partial charge in [-0.1, -0.05) is 6.92 Å². The molecule has 0 bridgehead atoms. The second kappa shape index (κ2) is 5.09. The van der Waals surface area contributed by atoms with Crippen molar-refractivity contribution in [1.29, 1.82) is 0 Å². The number of ether oxygens (including phenoxy) is 1. The van der Waals surface area contributed by atoms with E-state index < -0.39 is 0 Å². The SMILES string of the molecule is C=[N+](C(=O)[C@@H]1CCCO1)C1CCC(C)CC1. The van der Waals surface area contributed by atoms with Crippen LogP contribution in [-0.2, 0) is 9.53 Å². The molecular weight excluding hydrogens is 202 g/mol. The molecule has 0 aromatic carbocycles. The molecule has 0 spiro atoms. The van der Waals surface area contributed by atoms with E-state index in [0.29, 0.717) is 6.04 Å². The fourth-order valence-corrected chi connectivity index (χ4v) is 2.69. The zero-order valence-electron chi connectivity index (χ0n) is 10.2. The van der Waals surface area contributed by atoms with Crippen molar-refractivity contribution in [3.63, 3.8) is 0 Å². The van der Waals surface area contributed by atoms with Gasteiger partial charge >= 0.3 is 5.91 Å². The third kappa shape index (κ3) is 2.51. The van der Waals surface area contributed by atoms with Crippen LogP contribution in [0.5, 0.6) is 0 Å². The van der Waals surface area contributed by atoms with Gasteiger partial charge in [0.1, 0.15) is 6.72 Å². The third-order valence-corrected chi connectivity index (χ3v) is 3.91. The lowest BCUT2D eigenvalue weighted by Gasteiger charge is -2.23. The van der Waals surface area contributed by atoms with Gasteiger partial charge in [0.05, 0.1) is 0 Å². The van der Waals surface area contributed by atoms with E-state index in [9.17, 15) is 4.79 Å². The molecular formula is C13H22NO2+. The first-order valence-electron chi connectivity index (χ1n) is 6.43. The van der Waals surface area contributed by atoms with Gasteiger partial charge in [0.15, 0.2) is 12.1 Å². The maximum Gasteiger partial charge on any atom is 0.415 e. The highest BCUT2D eigenvalue weighted by atomic mass is 16.5. The number of carbonyl (C=O) groups is 1. The summed E-state index contributed by atoms with van der Waals surface area (Å²) in [5.41, 5.74) is 0. The summed E-state index contributed by atoms with van der Waals surface area (Å²) in [6, 6.07) is 0.341. The monoisotopic (exact) mass is 224 g/mol. The van der Waals surface area contributed by atoms with Crippen LogP contribution in [-0.4, -0.2) is 36.0 Å². The summed E-state index contributed by atoms with van der Waals surface area (Å²) in [6.07, 6.45) is 6.30. The van der Waals surface area contributed by atoms with E-state index in [1.807, 2.05) is 0 Å². The maximum absolute atomic E-state index is 12.1. The van der Waals surface area contributed by atoms with E-state index in [2.05, 4.69) is 13.6 Å². The van der Waals surface area contributed by atoms with E-state index >= 15 is 0 Å². The molecule has 2 aliphatic rings. The minimum Gasteiger partial charge on any atom is -0.363 e. The van der Waals surface area contributed by atoms with Gasteiger partial charge in [0.25, 0.3) is 0 Å². The Kier molecular flexibility index (Phi) is 3.74. The van der Waals surface area contributed by atoms with Gasteiger partial charge < -0.3 is 4.74 Å². The predicted octanol–water partition coefficient (Wildman–Crippen LogP) is 1.98. The highest BCUT2D eigenvalue weighted by Gasteiger charge is 2.36. The molecule has 1 amide bonds. The van der Waals surface area contributed by atoms with E-state index in [1.165, 1.54) is 12.8 Å². The van der Waals surface area contributed by atoms with Gasteiger partial charge in [-0.15, -0.1) is 0 Å². The van der Waals surface area contributed by atoms with Crippen molar-refractivity contribution in [1.82, 2.24) is 0 Å². The van der Waals surface area contributed by atoms with Gasteiger partial charge in [0, 0.05) is 19.4 Å². The molecule has 2 fully saturated rings. The lowest BCUT2D eigenvalue weighted by atomic mass is 9.87. The molecule has 1 saturated heterocycles. The highest BCUT2D eigenvalue weighted by Crippen LogP contribution is 2.26. The minimum absolute atomic E-state index is 0.0945. The third-order valence-electron chi connectivity index (χ3n) is 3.91. The van der Waals surface area contributed by atoms with Gasteiger partial charge in [0.2, 0.25) is 0 Å². The molecule has 0 aromatic rings. The fraction of sp³-hybridized carbons (Fsp3) is 0.846. The van der Waals surface area contributed by atoms with Crippen LogP contribution in [0.15, 0.2) is 0 Å². The Balaban J connectivity index is 1.88. The molecule has 3 heteroatoms. The summed E-state index contributed by atoms with van der Waals surface area (Å²) in [6.45, 7) is 6.95. The van der Waals surface area contributed by atoms with E-state index in [-0.39, 0.29) is 12.0 Å². The Morgan fingerprint density at radius 2 is 1.94 bits per heavy atom. The Morgan fingerprint density at radius 1 is 1.25 bits per heavy atom. The number of amides is 1. The summed E-state index contributed by atoms with van der Waals surface area (Å²) in [5.74, 6) is 0.902. The van der Waals surface area contributed by atoms with Gasteiger partial charge in [-0.3, -0.25) is 0 Å². The van der Waals surface area contributed by atoms with Crippen molar-refractivity contribution in [2.45, 2.75) is 57.6 Å². The van der Waals surface area contributed by atoms with Crippen LogP contribution in [0.2, 0.25) is 0 Å². The fourth-order valence-electron chi connectivity index (χ4n) is 2.69. The predicted molar refractivity (Wildman–Crippen MR) is 62.8 cm³/mol. The van der Waals surface area contributed by atoms with Crippen LogP contribution in [0.1, 0.15) is 45.4 Å².